The molecule has 4 heteroatoms. The standard InChI is InChI=1S/C14H19N3O/c18-14(13-5-3-9-16-13)17(12-6-7-12)10-11-4-1-2-8-15-11/h1-2,4,8,12-13,16H,3,5-7,9-10H2. The van der Waals surface area contributed by atoms with Crippen LogP contribution in [0, 0.1) is 0 Å². The van der Waals surface area contributed by atoms with Gasteiger partial charge < -0.3 is 10.2 Å². The van der Waals surface area contributed by atoms with E-state index in [9.17, 15) is 4.79 Å². The molecule has 96 valence electrons. The number of amides is 1. The van der Waals surface area contributed by atoms with Crippen LogP contribution in [0.15, 0.2) is 24.4 Å². The topological polar surface area (TPSA) is 45.2 Å². The molecule has 0 aromatic carbocycles. The molecule has 1 N–H and O–H groups in total. The van der Waals surface area contributed by atoms with Crippen molar-refractivity contribution in [3.05, 3.63) is 30.1 Å². The van der Waals surface area contributed by atoms with Gasteiger partial charge >= 0.3 is 0 Å². The van der Waals surface area contributed by atoms with Gasteiger partial charge in [-0.1, -0.05) is 6.07 Å². The Morgan fingerprint density at radius 2 is 2.28 bits per heavy atom. The van der Waals surface area contributed by atoms with Gasteiger partial charge in [-0.25, -0.2) is 0 Å². The van der Waals surface area contributed by atoms with Crippen LogP contribution in [-0.2, 0) is 11.3 Å². The van der Waals surface area contributed by atoms with Gasteiger partial charge in [0.2, 0.25) is 5.91 Å². The van der Waals surface area contributed by atoms with Crippen molar-refractivity contribution in [1.82, 2.24) is 15.2 Å². The van der Waals surface area contributed by atoms with Gasteiger partial charge in [0, 0.05) is 12.2 Å². The van der Waals surface area contributed by atoms with Gasteiger partial charge in [0.1, 0.15) is 0 Å². The number of carbonyl (C=O) groups is 1. The van der Waals surface area contributed by atoms with Crippen molar-refractivity contribution in [2.45, 2.75) is 44.3 Å². The first kappa shape index (κ1) is 11.7. The van der Waals surface area contributed by atoms with E-state index in [4.69, 9.17) is 0 Å². The van der Waals surface area contributed by atoms with Crippen molar-refractivity contribution < 1.29 is 4.79 Å². The first-order chi connectivity index (χ1) is 8.84. The van der Waals surface area contributed by atoms with Crippen LogP contribution in [0.2, 0.25) is 0 Å². The Morgan fingerprint density at radius 3 is 2.89 bits per heavy atom. The second-order valence-electron chi connectivity index (χ2n) is 5.17. The number of rotatable bonds is 4. The SMILES string of the molecule is O=C(C1CCCN1)N(Cc1ccccn1)C1CC1. The molecule has 4 nitrogen and oxygen atoms in total. The lowest BCUT2D eigenvalue weighted by Gasteiger charge is -2.25. The summed E-state index contributed by atoms with van der Waals surface area (Å²) in [6.07, 6.45) is 6.16. The molecule has 1 aliphatic carbocycles. The van der Waals surface area contributed by atoms with Gasteiger partial charge in [-0.2, -0.15) is 0 Å². The van der Waals surface area contributed by atoms with Crippen molar-refractivity contribution >= 4 is 5.91 Å². The zero-order chi connectivity index (χ0) is 12.4. The van der Waals surface area contributed by atoms with Gasteiger partial charge in [-0.15, -0.1) is 0 Å². The third-order valence-corrected chi connectivity index (χ3v) is 3.69. The van der Waals surface area contributed by atoms with E-state index in [1.165, 1.54) is 0 Å². The highest BCUT2D eigenvalue weighted by Crippen LogP contribution is 2.29. The van der Waals surface area contributed by atoms with Gasteiger partial charge in [0.05, 0.1) is 18.3 Å². The Balaban J connectivity index is 1.70. The maximum absolute atomic E-state index is 12.5. The lowest BCUT2D eigenvalue weighted by molar-refractivity contribution is -0.134. The molecule has 3 rings (SSSR count). The van der Waals surface area contributed by atoms with Crippen molar-refractivity contribution in [1.29, 1.82) is 0 Å². The molecule has 1 saturated heterocycles. The molecule has 1 aromatic heterocycles. The number of aromatic nitrogens is 1. The molecular formula is C14H19N3O. The molecule has 0 spiro atoms. The first-order valence-corrected chi connectivity index (χ1v) is 6.78. The molecular weight excluding hydrogens is 226 g/mol. The molecule has 1 atom stereocenters. The van der Waals surface area contributed by atoms with Crippen molar-refractivity contribution in [3.63, 3.8) is 0 Å². The Morgan fingerprint density at radius 1 is 1.39 bits per heavy atom. The van der Waals surface area contributed by atoms with Crippen LogP contribution in [0.5, 0.6) is 0 Å². The molecule has 2 aliphatic rings. The third-order valence-electron chi connectivity index (χ3n) is 3.69. The number of carbonyl (C=O) groups excluding carboxylic acids is 1. The van der Waals surface area contributed by atoms with Crippen molar-refractivity contribution in [2.75, 3.05) is 6.54 Å². The smallest absolute Gasteiger partial charge is 0.240 e. The van der Waals surface area contributed by atoms with E-state index in [2.05, 4.69) is 10.3 Å². The summed E-state index contributed by atoms with van der Waals surface area (Å²) in [5.74, 6) is 0.264. The third kappa shape index (κ3) is 2.53. The van der Waals surface area contributed by atoms with Crippen LogP contribution in [0.1, 0.15) is 31.4 Å². The minimum Gasteiger partial charge on any atom is -0.332 e. The predicted octanol–water partition coefficient (Wildman–Crippen LogP) is 1.32. The number of nitrogens with one attached hydrogen (secondary N) is 1. The van der Waals surface area contributed by atoms with Crippen molar-refractivity contribution in [3.8, 4) is 0 Å². The van der Waals surface area contributed by atoms with Crippen LogP contribution in [0.4, 0.5) is 0 Å². The van der Waals surface area contributed by atoms with Gasteiger partial charge in [-0.3, -0.25) is 9.78 Å². The average molecular weight is 245 g/mol. The summed E-state index contributed by atoms with van der Waals surface area (Å²) >= 11 is 0. The average Bonchev–Trinajstić information content (AvgIpc) is 3.10. The fourth-order valence-corrected chi connectivity index (χ4v) is 2.53. The van der Waals surface area contributed by atoms with E-state index >= 15 is 0 Å². The Hall–Kier alpha value is -1.42. The molecule has 2 heterocycles. The zero-order valence-electron chi connectivity index (χ0n) is 10.5. The Labute approximate surface area is 107 Å². The van der Waals surface area contributed by atoms with Crippen LogP contribution in [0.3, 0.4) is 0 Å². The fraction of sp³-hybridized carbons (Fsp3) is 0.571. The number of pyridine rings is 1. The van der Waals surface area contributed by atoms with E-state index in [1.807, 2.05) is 23.1 Å². The van der Waals surface area contributed by atoms with Crippen LogP contribution in [-0.4, -0.2) is 34.4 Å². The molecule has 0 bridgehead atoms. The second-order valence-corrected chi connectivity index (χ2v) is 5.17. The summed E-state index contributed by atoms with van der Waals surface area (Å²) in [5.41, 5.74) is 0.982. The zero-order valence-corrected chi connectivity index (χ0v) is 10.5. The molecule has 0 radical (unpaired) electrons. The number of nitrogens with zero attached hydrogens (tertiary/aromatic N) is 2. The molecule has 1 aromatic rings. The largest absolute Gasteiger partial charge is 0.332 e. The van der Waals surface area contributed by atoms with Crippen LogP contribution >= 0.6 is 0 Å². The monoisotopic (exact) mass is 245 g/mol. The molecule has 1 amide bonds. The van der Waals surface area contributed by atoms with E-state index in [0.29, 0.717) is 12.6 Å². The predicted molar refractivity (Wildman–Crippen MR) is 68.8 cm³/mol. The van der Waals surface area contributed by atoms with Gasteiger partial charge in [-0.05, 0) is 44.4 Å². The van der Waals surface area contributed by atoms with E-state index in [-0.39, 0.29) is 11.9 Å². The highest BCUT2D eigenvalue weighted by Gasteiger charge is 2.36. The van der Waals surface area contributed by atoms with Crippen molar-refractivity contribution in [2.24, 2.45) is 0 Å². The lowest BCUT2D eigenvalue weighted by Crippen LogP contribution is -2.44. The first-order valence-electron chi connectivity index (χ1n) is 6.78. The molecule has 1 saturated carbocycles. The highest BCUT2D eigenvalue weighted by atomic mass is 16.2. The van der Waals surface area contributed by atoms with Gasteiger partial charge in [0.15, 0.2) is 0 Å². The minimum absolute atomic E-state index is 0.0364. The summed E-state index contributed by atoms with van der Waals surface area (Å²) in [6, 6.07) is 6.36. The summed E-state index contributed by atoms with van der Waals surface area (Å²) in [6.45, 7) is 1.63. The maximum Gasteiger partial charge on any atom is 0.240 e. The normalized spacial score (nSPS) is 23.0. The van der Waals surface area contributed by atoms with Crippen LogP contribution < -0.4 is 5.32 Å². The van der Waals surface area contributed by atoms with E-state index in [1.54, 1.807) is 6.20 Å². The Kier molecular flexibility index (Phi) is 3.28. The molecule has 1 unspecified atom stereocenters. The minimum atomic E-state index is 0.0364. The summed E-state index contributed by atoms with van der Waals surface area (Å²) in [5, 5.41) is 3.29. The molecule has 18 heavy (non-hydrogen) atoms. The van der Waals surface area contributed by atoms with Crippen LogP contribution in [0.25, 0.3) is 0 Å². The summed E-state index contributed by atoms with van der Waals surface area (Å²) in [7, 11) is 0. The summed E-state index contributed by atoms with van der Waals surface area (Å²) < 4.78 is 0. The quantitative estimate of drug-likeness (QED) is 0.870. The lowest BCUT2D eigenvalue weighted by atomic mass is 10.2. The maximum atomic E-state index is 12.5. The summed E-state index contributed by atoms with van der Waals surface area (Å²) in [4.78, 5) is 18.8. The number of hydrogen-bond acceptors (Lipinski definition) is 3. The Bertz CT molecular complexity index is 410. The van der Waals surface area contributed by atoms with E-state index in [0.717, 1.165) is 37.9 Å². The van der Waals surface area contributed by atoms with Gasteiger partial charge in [0.25, 0.3) is 0 Å². The highest BCUT2D eigenvalue weighted by molar-refractivity contribution is 5.82. The molecule has 1 aliphatic heterocycles. The second kappa shape index (κ2) is 5.06. The molecule has 2 fully saturated rings. The fourth-order valence-electron chi connectivity index (χ4n) is 2.53. The van der Waals surface area contributed by atoms with E-state index < -0.39 is 0 Å². The number of hydrogen-bond donors (Lipinski definition) is 1.